The van der Waals surface area contributed by atoms with E-state index in [2.05, 4.69) is 31.9 Å². The van der Waals surface area contributed by atoms with E-state index < -0.39 is 6.04 Å². The van der Waals surface area contributed by atoms with Crippen molar-refractivity contribution in [3.05, 3.63) is 56.2 Å². The fourth-order valence-corrected chi connectivity index (χ4v) is 3.03. The Bertz CT molecular complexity index is 644. The Kier molecular flexibility index (Phi) is 5.24. The topological polar surface area (TPSA) is 44.5 Å². The molecule has 0 heterocycles. The van der Waals surface area contributed by atoms with E-state index in [0.717, 1.165) is 10.0 Å². The molecule has 0 aliphatic heterocycles. The van der Waals surface area contributed by atoms with Crippen LogP contribution < -0.4 is 15.2 Å². The second-order valence-corrected chi connectivity index (χ2v) is 6.18. The van der Waals surface area contributed by atoms with Gasteiger partial charge in [-0.1, -0.05) is 15.9 Å². The quantitative estimate of drug-likeness (QED) is 0.799. The summed E-state index contributed by atoms with van der Waals surface area (Å²) < 4.78 is 25.6. The third-order valence-electron chi connectivity index (χ3n) is 3.08. The number of ether oxygens (including phenoxy) is 2. The van der Waals surface area contributed by atoms with Gasteiger partial charge in [0.25, 0.3) is 0 Å². The minimum absolute atomic E-state index is 0.349. The summed E-state index contributed by atoms with van der Waals surface area (Å²) >= 11 is 6.67. The van der Waals surface area contributed by atoms with Crippen molar-refractivity contribution in [2.24, 2.45) is 5.73 Å². The maximum atomic E-state index is 13.5. The fraction of sp³-hybridized carbons (Fsp3) is 0.200. The van der Waals surface area contributed by atoms with E-state index in [1.807, 2.05) is 0 Å². The molecular formula is C15H14Br2FNO2. The lowest BCUT2D eigenvalue weighted by Gasteiger charge is -2.18. The standard InChI is InChI=1S/C15H14Br2FNO2/c1-20-13-7-12(17)14(21-2)6-11(13)15(19)8-3-9(16)5-10(18)4-8/h3-7,15H,19H2,1-2H3. The molecule has 2 aromatic carbocycles. The molecule has 0 aliphatic rings. The fourth-order valence-electron chi connectivity index (χ4n) is 2.06. The first-order valence-electron chi connectivity index (χ1n) is 6.09. The number of halogens is 3. The van der Waals surface area contributed by atoms with E-state index in [0.29, 0.717) is 21.5 Å². The maximum absolute atomic E-state index is 13.5. The predicted octanol–water partition coefficient (Wildman–Crippen LogP) is 4.42. The molecule has 0 aliphatic carbocycles. The third kappa shape index (κ3) is 3.56. The van der Waals surface area contributed by atoms with Crippen LogP contribution in [0.1, 0.15) is 17.2 Å². The summed E-state index contributed by atoms with van der Waals surface area (Å²) in [5.41, 5.74) is 7.63. The number of hydrogen-bond donors (Lipinski definition) is 1. The summed E-state index contributed by atoms with van der Waals surface area (Å²) in [6, 6.07) is 7.60. The Balaban J connectivity index is 2.53. The zero-order valence-electron chi connectivity index (χ0n) is 11.5. The van der Waals surface area contributed by atoms with Crippen molar-refractivity contribution < 1.29 is 13.9 Å². The third-order valence-corrected chi connectivity index (χ3v) is 4.16. The van der Waals surface area contributed by atoms with E-state index in [9.17, 15) is 4.39 Å². The molecule has 6 heteroatoms. The van der Waals surface area contributed by atoms with Crippen molar-refractivity contribution in [3.8, 4) is 11.5 Å². The van der Waals surface area contributed by atoms with Gasteiger partial charge in [0.05, 0.1) is 24.7 Å². The summed E-state index contributed by atoms with van der Waals surface area (Å²) in [5, 5.41) is 0. The van der Waals surface area contributed by atoms with Gasteiger partial charge < -0.3 is 15.2 Å². The number of rotatable bonds is 4. The highest BCUT2D eigenvalue weighted by Crippen LogP contribution is 2.37. The lowest BCUT2D eigenvalue weighted by Crippen LogP contribution is -2.14. The Morgan fingerprint density at radius 1 is 1.00 bits per heavy atom. The minimum Gasteiger partial charge on any atom is -0.496 e. The largest absolute Gasteiger partial charge is 0.496 e. The van der Waals surface area contributed by atoms with E-state index >= 15 is 0 Å². The first-order valence-corrected chi connectivity index (χ1v) is 7.68. The highest BCUT2D eigenvalue weighted by Gasteiger charge is 2.18. The molecule has 0 amide bonds. The lowest BCUT2D eigenvalue weighted by molar-refractivity contribution is 0.395. The van der Waals surface area contributed by atoms with Gasteiger partial charge in [-0.25, -0.2) is 4.39 Å². The smallest absolute Gasteiger partial charge is 0.133 e. The number of benzene rings is 2. The second-order valence-electron chi connectivity index (χ2n) is 4.41. The number of hydrogen-bond acceptors (Lipinski definition) is 3. The van der Waals surface area contributed by atoms with Gasteiger partial charge in [-0.15, -0.1) is 0 Å². The van der Waals surface area contributed by atoms with Crippen LogP contribution in [0, 0.1) is 5.82 Å². The van der Waals surface area contributed by atoms with Crippen LogP contribution in [0.15, 0.2) is 39.3 Å². The zero-order valence-corrected chi connectivity index (χ0v) is 14.7. The predicted molar refractivity (Wildman–Crippen MR) is 87.4 cm³/mol. The highest BCUT2D eigenvalue weighted by molar-refractivity contribution is 9.10. The van der Waals surface area contributed by atoms with E-state index in [1.165, 1.54) is 12.1 Å². The summed E-state index contributed by atoms with van der Waals surface area (Å²) in [4.78, 5) is 0. The molecular weight excluding hydrogens is 405 g/mol. The Morgan fingerprint density at radius 3 is 2.24 bits per heavy atom. The van der Waals surface area contributed by atoms with Gasteiger partial charge in [-0.05, 0) is 51.8 Å². The molecule has 2 N–H and O–H groups in total. The van der Waals surface area contributed by atoms with Crippen LogP contribution in [0.2, 0.25) is 0 Å². The molecule has 2 rings (SSSR count). The molecule has 1 unspecified atom stereocenters. The highest BCUT2D eigenvalue weighted by atomic mass is 79.9. The molecule has 3 nitrogen and oxygen atoms in total. The Morgan fingerprint density at radius 2 is 1.67 bits per heavy atom. The second kappa shape index (κ2) is 6.77. The van der Waals surface area contributed by atoms with Crippen LogP contribution in [0.3, 0.4) is 0 Å². The summed E-state index contributed by atoms with van der Waals surface area (Å²) in [6.45, 7) is 0. The molecule has 1 atom stereocenters. The van der Waals surface area contributed by atoms with E-state index in [-0.39, 0.29) is 5.82 Å². The maximum Gasteiger partial charge on any atom is 0.133 e. The summed E-state index contributed by atoms with van der Waals surface area (Å²) in [5.74, 6) is 0.894. The van der Waals surface area contributed by atoms with E-state index in [1.54, 1.807) is 32.4 Å². The van der Waals surface area contributed by atoms with Crippen LogP contribution in [-0.2, 0) is 0 Å². The average Bonchev–Trinajstić information content (AvgIpc) is 2.45. The SMILES string of the molecule is COc1cc(C(N)c2cc(F)cc(Br)c2)c(OC)cc1Br. The monoisotopic (exact) mass is 417 g/mol. The van der Waals surface area contributed by atoms with Gasteiger partial charge in [-0.3, -0.25) is 0 Å². The first-order chi connectivity index (χ1) is 9.96. The molecule has 0 radical (unpaired) electrons. The minimum atomic E-state index is -0.533. The van der Waals surface area contributed by atoms with Gasteiger partial charge in [0, 0.05) is 10.0 Å². The molecule has 21 heavy (non-hydrogen) atoms. The average molecular weight is 419 g/mol. The molecule has 0 spiro atoms. The molecule has 2 aromatic rings. The van der Waals surface area contributed by atoms with Crippen LogP contribution in [-0.4, -0.2) is 14.2 Å². The first kappa shape index (κ1) is 16.3. The van der Waals surface area contributed by atoms with Crippen molar-refractivity contribution >= 4 is 31.9 Å². The molecule has 0 bridgehead atoms. The Labute approximate surface area is 139 Å². The van der Waals surface area contributed by atoms with Crippen molar-refractivity contribution in [1.29, 1.82) is 0 Å². The van der Waals surface area contributed by atoms with Crippen LogP contribution in [0.25, 0.3) is 0 Å². The Hall–Kier alpha value is -1.11. The molecule has 0 saturated carbocycles. The van der Waals surface area contributed by atoms with Crippen LogP contribution in [0.4, 0.5) is 4.39 Å². The van der Waals surface area contributed by atoms with Gasteiger partial charge >= 0.3 is 0 Å². The van der Waals surface area contributed by atoms with Crippen LogP contribution >= 0.6 is 31.9 Å². The molecule has 0 saturated heterocycles. The zero-order chi connectivity index (χ0) is 15.6. The van der Waals surface area contributed by atoms with Crippen molar-refractivity contribution in [3.63, 3.8) is 0 Å². The molecule has 0 aromatic heterocycles. The van der Waals surface area contributed by atoms with E-state index in [4.69, 9.17) is 15.2 Å². The summed E-state index contributed by atoms with van der Waals surface area (Å²) in [6.07, 6.45) is 0. The van der Waals surface area contributed by atoms with Crippen molar-refractivity contribution in [2.45, 2.75) is 6.04 Å². The lowest BCUT2D eigenvalue weighted by atomic mass is 9.98. The normalized spacial score (nSPS) is 12.1. The van der Waals surface area contributed by atoms with Gasteiger partial charge in [0.2, 0.25) is 0 Å². The van der Waals surface area contributed by atoms with Gasteiger partial charge in [0.1, 0.15) is 17.3 Å². The number of nitrogens with two attached hydrogens (primary N) is 1. The van der Waals surface area contributed by atoms with Gasteiger partial charge in [0.15, 0.2) is 0 Å². The summed E-state index contributed by atoms with van der Waals surface area (Å²) in [7, 11) is 3.13. The molecule has 112 valence electrons. The molecule has 0 fully saturated rings. The van der Waals surface area contributed by atoms with Crippen molar-refractivity contribution in [1.82, 2.24) is 0 Å². The van der Waals surface area contributed by atoms with Gasteiger partial charge in [-0.2, -0.15) is 0 Å². The number of methoxy groups -OCH3 is 2. The van der Waals surface area contributed by atoms with Crippen LogP contribution in [0.5, 0.6) is 11.5 Å². The van der Waals surface area contributed by atoms with Crippen molar-refractivity contribution in [2.75, 3.05) is 14.2 Å².